The molecular weight excluding hydrogens is 886 g/mol. The summed E-state index contributed by atoms with van der Waals surface area (Å²) in [4.78, 5) is 130. The zero-order valence-electron chi connectivity index (χ0n) is 38.5. The van der Waals surface area contributed by atoms with E-state index in [1.165, 1.54) is 0 Å². The molecular formula is C46H61F3N6O12. The number of aryl methyl sites for hydroxylation is 2. The quantitative estimate of drug-likeness (QED) is 0.0499. The maximum absolute atomic E-state index is 14.3. The molecule has 0 fully saturated rings. The Morgan fingerprint density at radius 1 is 0.642 bits per heavy atom. The molecule has 0 saturated carbocycles. The maximum Gasteiger partial charge on any atom is 0.391 e. The number of amides is 6. The van der Waals surface area contributed by atoms with Gasteiger partial charge in [-0.2, -0.15) is 13.2 Å². The summed E-state index contributed by atoms with van der Waals surface area (Å²) in [5, 5.41) is 33.2. The molecule has 0 aliphatic rings. The fraction of sp³-hybridized carbons (Fsp3) is 0.522. The number of aldehydes is 1. The van der Waals surface area contributed by atoms with Gasteiger partial charge in [-0.3, -0.25) is 43.2 Å². The highest BCUT2D eigenvalue weighted by atomic mass is 19.4. The molecule has 2 aromatic rings. The van der Waals surface area contributed by atoms with Crippen molar-refractivity contribution in [1.29, 1.82) is 0 Å². The van der Waals surface area contributed by atoms with Crippen molar-refractivity contribution in [1.82, 2.24) is 31.9 Å². The summed E-state index contributed by atoms with van der Waals surface area (Å²) in [6, 6.07) is 3.30. The van der Waals surface area contributed by atoms with Crippen LogP contribution < -0.4 is 31.9 Å². The number of aliphatic carboxylic acids is 2. The molecule has 0 radical (unpaired) electrons. The minimum Gasteiger partial charge on any atom is -0.481 e. The molecule has 18 nitrogen and oxygen atoms in total. The molecule has 8 N–H and O–H groups in total. The fourth-order valence-corrected chi connectivity index (χ4v) is 6.65. The van der Waals surface area contributed by atoms with Gasteiger partial charge >= 0.3 is 18.1 Å². The SMILES string of the molecule is Cc1ccc(C(=O)CCC(=O)N[C@@H](CC(=O)O)C(=O)N[C@@H](CCC(=O)O)C(=O)N[C@@H](Cc2ccccc2C)C(=O)N[C@H](C(=O)N[C@@H](CC(C)C)C(=O)N[C@H](C=O)CC(F)(F)F)C(C)(C)C)cc1. The Morgan fingerprint density at radius 3 is 1.73 bits per heavy atom. The first-order valence-corrected chi connectivity index (χ1v) is 21.5. The van der Waals surface area contributed by atoms with Gasteiger partial charge in [-0.15, -0.1) is 0 Å². The van der Waals surface area contributed by atoms with Crippen molar-refractivity contribution in [3.63, 3.8) is 0 Å². The molecule has 0 aliphatic carbocycles. The van der Waals surface area contributed by atoms with Gasteiger partial charge in [0.2, 0.25) is 35.4 Å². The summed E-state index contributed by atoms with van der Waals surface area (Å²) in [5.41, 5.74) is 1.30. The van der Waals surface area contributed by atoms with Crippen LogP contribution in [0, 0.1) is 25.2 Å². The molecule has 67 heavy (non-hydrogen) atoms. The molecule has 21 heteroatoms. The Hall–Kier alpha value is -6.67. The predicted molar refractivity (Wildman–Crippen MR) is 236 cm³/mol. The summed E-state index contributed by atoms with van der Waals surface area (Å²) in [6.45, 7) is 11.6. The van der Waals surface area contributed by atoms with Gasteiger partial charge in [0.05, 0.1) is 18.9 Å². The lowest BCUT2D eigenvalue weighted by Crippen LogP contribution is -2.62. The van der Waals surface area contributed by atoms with Gasteiger partial charge in [-0.1, -0.05) is 88.7 Å². The molecule has 368 valence electrons. The van der Waals surface area contributed by atoms with E-state index in [1.807, 2.05) is 12.2 Å². The number of benzene rings is 2. The molecule has 2 rings (SSSR count). The lowest BCUT2D eigenvalue weighted by Gasteiger charge is -2.34. The van der Waals surface area contributed by atoms with Crippen LogP contribution in [0.25, 0.3) is 0 Å². The van der Waals surface area contributed by atoms with Gasteiger partial charge < -0.3 is 46.9 Å². The van der Waals surface area contributed by atoms with E-state index in [9.17, 15) is 71.3 Å². The first-order valence-electron chi connectivity index (χ1n) is 21.5. The Kier molecular flexibility index (Phi) is 21.8. The van der Waals surface area contributed by atoms with Gasteiger partial charge in [-0.05, 0) is 49.1 Å². The van der Waals surface area contributed by atoms with Crippen LogP contribution in [0.2, 0.25) is 0 Å². The van der Waals surface area contributed by atoms with E-state index < -0.39 is 133 Å². The van der Waals surface area contributed by atoms with Crippen LogP contribution in [0.3, 0.4) is 0 Å². The van der Waals surface area contributed by atoms with E-state index in [-0.39, 0.29) is 31.5 Å². The van der Waals surface area contributed by atoms with E-state index in [4.69, 9.17) is 0 Å². The molecule has 0 saturated heterocycles. The normalized spacial score (nSPS) is 14.2. The minimum atomic E-state index is -4.80. The van der Waals surface area contributed by atoms with Gasteiger partial charge in [0.15, 0.2) is 5.78 Å². The monoisotopic (exact) mass is 946 g/mol. The highest BCUT2D eigenvalue weighted by Gasteiger charge is 2.39. The number of halogens is 3. The van der Waals surface area contributed by atoms with Crippen molar-refractivity contribution in [3.8, 4) is 0 Å². The van der Waals surface area contributed by atoms with E-state index in [1.54, 1.807) is 90.1 Å². The Bertz CT molecular complexity index is 2110. The predicted octanol–water partition coefficient (Wildman–Crippen LogP) is 3.00. The fourth-order valence-electron chi connectivity index (χ4n) is 6.65. The van der Waals surface area contributed by atoms with Crippen LogP contribution >= 0.6 is 0 Å². The molecule has 6 atom stereocenters. The maximum atomic E-state index is 14.3. The number of ketones is 1. The van der Waals surface area contributed by atoms with Crippen molar-refractivity contribution in [2.24, 2.45) is 11.3 Å². The average molecular weight is 947 g/mol. The van der Waals surface area contributed by atoms with Crippen molar-refractivity contribution in [2.75, 3.05) is 0 Å². The van der Waals surface area contributed by atoms with Crippen LogP contribution in [-0.2, 0) is 49.6 Å². The number of nitrogens with one attached hydrogen (secondary N) is 6. The third kappa shape index (κ3) is 20.6. The zero-order valence-corrected chi connectivity index (χ0v) is 38.5. The molecule has 0 bridgehead atoms. The molecule has 0 aromatic heterocycles. The van der Waals surface area contributed by atoms with Crippen LogP contribution in [-0.4, -0.2) is 112 Å². The first-order chi connectivity index (χ1) is 31.1. The summed E-state index contributed by atoms with van der Waals surface area (Å²) < 4.78 is 39.2. The van der Waals surface area contributed by atoms with Crippen molar-refractivity contribution in [2.45, 2.75) is 142 Å². The highest BCUT2D eigenvalue weighted by molar-refractivity contribution is 6.00. The van der Waals surface area contributed by atoms with Gasteiger partial charge in [0.1, 0.15) is 36.5 Å². The summed E-state index contributed by atoms with van der Waals surface area (Å²) >= 11 is 0. The van der Waals surface area contributed by atoms with E-state index in [0.717, 1.165) is 5.56 Å². The van der Waals surface area contributed by atoms with E-state index in [0.29, 0.717) is 16.7 Å². The molecule has 2 aromatic carbocycles. The second-order valence-electron chi connectivity index (χ2n) is 17.8. The van der Waals surface area contributed by atoms with Crippen LogP contribution in [0.4, 0.5) is 13.2 Å². The van der Waals surface area contributed by atoms with Crippen LogP contribution in [0.15, 0.2) is 48.5 Å². The number of carboxylic acids is 2. The smallest absolute Gasteiger partial charge is 0.391 e. The van der Waals surface area contributed by atoms with Gasteiger partial charge in [0.25, 0.3) is 0 Å². The number of hydrogen-bond donors (Lipinski definition) is 8. The van der Waals surface area contributed by atoms with Crippen LogP contribution in [0.1, 0.15) is 107 Å². The summed E-state index contributed by atoms with van der Waals surface area (Å²) in [6.07, 6.45) is -9.82. The minimum absolute atomic E-state index is 0.0789. The average Bonchev–Trinajstić information content (AvgIpc) is 3.21. The standard InChI is InChI=1S/C46H61F3N6O12/c1-25(2)20-32(41(64)50-30(24-56)23-46(47,48)49)54-44(67)39(45(5,6)7)55-43(66)33(21-29-11-9-8-10-27(29)4)53-40(63)31(16-19-37(59)60)52-42(65)34(22-38(61)62)51-36(58)18-17-35(57)28-14-12-26(3)13-15-28/h8-15,24-25,30-34,39H,16-23H2,1-7H3,(H,50,64)(H,51,58)(H,52,65)(H,53,63)(H,54,67)(H,55,66)(H,59,60)(H,61,62)/t30-,31-,32-,33-,34-,39+/m0/s1. The van der Waals surface area contributed by atoms with Gasteiger partial charge in [0, 0.05) is 31.2 Å². The zero-order chi connectivity index (χ0) is 50.8. The second-order valence-corrected chi connectivity index (χ2v) is 17.8. The highest BCUT2D eigenvalue weighted by Crippen LogP contribution is 2.23. The Morgan fingerprint density at radius 2 is 1.19 bits per heavy atom. The largest absolute Gasteiger partial charge is 0.481 e. The molecule has 0 aliphatic heterocycles. The number of hydrogen-bond acceptors (Lipinski definition) is 10. The number of carbonyl (C=O) groups is 10. The number of carboxylic acid groups (broad SMARTS) is 2. The Labute approximate surface area is 386 Å². The topological polar surface area (TPSA) is 283 Å². The molecule has 6 amide bonds. The lowest BCUT2D eigenvalue weighted by atomic mass is 9.85. The molecule has 0 unspecified atom stereocenters. The summed E-state index contributed by atoms with van der Waals surface area (Å²) in [7, 11) is 0. The van der Waals surface area contributed by atoms with Crippen molar-refractivity contribution in [3.05, 3.63) is 70.8 Å². The number of rotatable bonds is 26. The van der Waals surface area contributed by atoms with Crippen LogP contribution in [0.5, 0.6) is 0 Å². The second kappa shape index (κ2) is 25.9. The molecule has 0 spiro atoms. The van der Waals surface area contributed by atoms with Gasteiger partial charge in [-0.25, -0.2) is 0 Å². The third-order valence-corrected chi connectivity index (χ3v) is 10.3. The van der Waals surface area contributed by atoms with Crippen molar-refractivity contribution >= 4 is 59.5 Å². The first kappa shape index (κ1) is 56.5. The Balaban J connectivity index is 2.43. The summed E-state index contributed by atoms with van der Waals surface area (Å²) in [5.74, 6) is -9.79. The van der Waals surface area contributed by atoms with E-state index in [2.05, 4.69) is 26.6 Å². The van der Waals surface area contributed by atoms with E-state index >= 15 is 0 Å². The van der Waals surface area contributed by atoms with Crippen molar-refractivity contribution < 1.29 is 71.3 Å². The third-order valence-electron chi connectivity index (χ3n) is 10.3. The number of Topliss-reactive ketones (excluding diaryl/α,β-unsaturated/α-hetero) is 1. The number of alkyl halides is 3. The number of carbonyl (C=O) groups excluding carboxylic acids is 8. The lowest BCUT2D eigenvalue weighted by molar-refractivity contribution is -0.147. The molecule has 0 heterocycles.